The van der Waals surface area contributed by atoms with Crippen LogP contribution in [0, 0.1) is 5.92 Å². The van der Waals surface area contributed by atoms with E-state index < -0.39 is 0 Å². The number of aromatic nitrogens is 1. The number of rotatable bonds is 6. The fourth-order valence-electron chi connectivity index (χ4n) is 2.03. The molecule has 1 heterocycles. The van der Waals surface area contributed by atoms with Gasteiger partial charge in [0.05, 0.1) is 11.9 Å². The Bertz CT molecular complexity index is 401. The van der Waals surface area contributed by atoms with Crippen LogP contribution in [0.4, 0.5) is 5.69 Å². The van der Waals surface area contributed by atoms with Crippen LogP contribution in [0.5, 0.6) is 0 Å². The highest BCUT2D eigenvalue weighted by molar-refractivity contribution is 7.80. The highest BCUT2D eigenvalue weighted by atomic mass is 32.1. The van der Waals surface area contributed by atoms with Crippen LogP contribution in [0.25, 0.3) is 0 Å². The van der Waals surface area contributed by atoms with Crippen molar-refractivity contribution in [2.24, 2.45) is 11.7 Å². The van der Waals surface area contributed by atoms with Gasteiger partial charge in [0, 0.05) is 17.8 Å². The number of hydrogen-bond acceptors (Lipinski definition) is 3. The second kappa shape index (κ2) is 5.45. The fourth-order valence-corrected chi connectivity index (χ4v) is 2.21. The molecule has 1 unspecified atom stereocenters. The van der Waals surface area contributed by atoms with Gasteiger partial charge in [0.2, 0.25) is 0 Å². The maximum absolute atomic E-state index is 5.71. The molecule has 1 atom stereocenters. The molecule has 17 heavy (non-hydrogen) atoms. The summed E-state index contributed by atoms with van der Waals surface area (Å²) in [6.45, 7) is 2.21. The van der Waals surface area contributed by atoms with Crippen molar-refractivity contribution >= 4 is 22.9 Å². The lowest BCUT2D eigenvalue weighted by Gasteiger charge is -2.19. The minimum Gasteiger partial charge on any atom is -0.389 e. The lowest BCUT2D eigenvalue weighted by atomic mass is 10.1. The topological polar surface area (TPSA) is 50.9 Å². The first-order valence-electron chi connectivity index (χ1n) is 6.21. The summed E-state index contributed by atoms with van der Waals surface area (Å²) in [4.78, 5) is 4.56. The van der Waals surface area contributed by atoms with Crippen molar-refractivity contribution in [1.82, 2.24) is 4.98 Å². The van der Waals surface area contributed by atoms with Gasteiger partial charge in [0.15, 0.2) is 0 Å². The van der Waals surface area contributed by atoms with Gasteiger partial charge >= 0.3 is 0 Å². The van der Waals surface area contributed by atoms with Crippen molar-refractivity contribution in [2.75, 3.05) is 5.32 Å². The van der Waals surface area contributed by atoms with Crippen molar-refractivity contribution in [3.63, 3.8) is 0 Å². The fraction of sp³-hybridized carbons (Fsp3) is 0.538. The summed E-state index contributed by atoms with van der Waals surface area (Å²) in [5, 5.41) is 3.52. The van der Waals surface area contributed by atoms with E-state index in [0.29, 0.717) is 11.0 Å². The van der Waals surface area contributed by atoms with Gasteiger partial charge in [-0.15, -0.1) is 0 Å². The van der Waals surface area contributed by atoms with Gasteiger partial charge in [-0.1, -0.05) is 32.0 Å². The van der Waals surface area contributed by atoms with Crippen molar-refractivity contribution in [2.45, 2.75) is 38.6 Å². The lowest BCUT2D eigenvalue weighted by molar-refractivity contribution is 0.586. The summed E-state index contributed by atoms with van der Waals surface area (Å²) < 4.78 is 0. The number of hydrogen-bond donors (Lipinski definition) is 2. The van der Waals surface area contributed by atoms with Gasteiger partial charge in [-0.3, -0.25) is 4.98 Å². The molecule has 1 aliphatic carbocycles. The molecule has 3 nitrogen and oxygen atoms in total. The van der Waals surface area contributed by atoms with Gasteiger partial charge in [0.1, 0.15) is 4.99 Å². The first-order chi connectivity index (χ1) is 8.20. The Balaban J connectivity index is 2.07. The van der Waals surface area contributed by atoms with E-state index in [9.17, 15) is 0 Å². The zero-order chi connectivity index (χ0) is 12.3. The predicted octanol–water partition coefficient (Wildman–Crippen LogP) is 2.71. The third-order valence-electron chi connectivity index (χ3n) is 3.25. The molecular weight excluding hydrogens is 230 g/mol. The van der Waals surface area contributed by atoms with E-state index in [1.807, 2.05) is 12.3 Å². The largest absolute Gasteiger partial charge is 0.389 e. The molecule has 1 saturated carbocycles. The second-order valence-corrected chi connectivity index (χ2v) is 5.15. The Morgan fingerprint density at radius 2 is 2.41 bits per heavy atom. The van der Waals surface area contributed by atoms with Crippen LogP contribution >= 0.6 is 12.2 Å². The Hall–Kier alpha value is -1.16. The number of nitrogens with zero attached hydrogens (tertiary/aromatic N) is 1. The maximum atomic E-state index is 5.71. The standard InChI is InChI=1S/C13H19N3S/c1-2-10(7-9-3-4-9)16-12-8-15-6-5-11(12)13(14)17/h5-6,8-10,16H,2-4,7H2,1H3,(H2,14,17). The van der Waals surface area contributed by atoms with Gasteiger partial charge in [-0.05, 0) is 24.8 Å². The molecule has 0 radical (unpaired) electrons. The van der Waals surface area contributed by atoms with Crippen LogP contribution in [0.1, 0.15) is 38.2 Å². The van der Waals surface area contributed by atoms with Crippen LogP contribution < -0.4 is 11.1 Å². The lowest BCUT2D eigenvalue weighted by Crippen LogP contribution is -2.22. The van der Waals surface area contributed by atoms with Crippen LogP contribution in [-0.4, -0.2) is 16.0 Å². The number of anilines is 1. The Morgan fingerprint density at radius 1 is 1.65 bits per heavy atom. The monoisotopic (exact) mass is 249 g/mol. The average molecular weight is 249 g/mol. The van der Waals surface area contributed by atoms with E-state index in [2.05, 4.69) is 17.2 Å². The zero-order valence-electron chi connectivity index (χ0n) is 10.1. The third kappa shape index (κ3) is 3.40. The Labute approximate surface area is 108 Å². The minimum atomic E-state index is 0.427. The van der Waals surface area contributed by atoms with Gasteiger partial charge in [0.25, 0.3) is 0 Å². The van der Waals surface area contributed by atoms with Crippen LogP contribution in [0.3, 0.4) is 0 Å². The van der Waals surface area contributed by atoms with E-state index in [4.69, 9.17) is 18.0 Å². The average Bonchev–Trinajstić information content (AvgIpc) is 3.12. The molecular formula is C13H19N3S. The number of pyridine rings is 1. The smallest absolute Gasteiger partial charge is 0.106 e. The van der Waals surface area contributed by atoms with Crippen LogP contribution in [-0.2, 0) is 0 Å². The van der Waals surface area contributed by atoms with Crippen LogP contribution in [0.2, 0.25) is 0 Å². The summed E-state index contributed by atoms with van der Waals surface area (Å²) in [6, 6.07) is 2.37. The summed E-state index contributed by atoms with van der Waals surface area (Å²) in [5.74, 6) is 0.914. The third-order valence-corrected chi connectivity index (χ3v) is 3.47. The molecule has 1 aromatic heterocycles. The van der Waals surface area contributed by atoms with E-state index >= 15 is 0 Å². The summed E-state index contributed by atoms with van der Waals surface area (Å²) in [5.41, 5.74) is 7.57. The Morgan fingerprint density at radius 3 is 3.00 bits per heavy atom. The molecule has 0 saturated heterocycles. The van der Waals surface area contributed by atoms with Crippen molar-refractivity contribution < 1.29 is 0 Å². The van der Waals surface area contributed by atoms with Gasteiger partial charge in [-0.25, -0.2) is 0 Å². The molecule has 1 aromatic rings. The minimum absolute atomic E-state index is 0.427. The number of thiocarbonyl (C=S) groups is 1. The zero-order valence-corrected chi connectivity index (χ0v) is 11.0. The van der Waals surface area contributed by atoms with E-state index in [1.54, 1.807) is 6.20 Å². The first kappa shape index (κ1) is 12.3. The molecule has 0 bridgehead atoms. The molecule has 92 valence electrons. The van der Waals surface area contributed by atoms with E-state index in [0.717, 1.165) is 23.6 Å². The summed E-state index contributed by atoms with van der Waals surface area (Å²) in [7, 11) is 0. The molecule has 0 aliphatic heterocycles. The molecule has 2 rings (SSSR count). The molecule has 1 fully saturated rings. The molecule has 0 spiro atoms. The SMILES string of the molecule is CCC(CC1CC1)Nc1cnccc1C(N)=S. The molecule has 0 aromatic carbocycles. The van der Waals surface area contributed by atoms with Gasteiger partial charge in [-0.2, -0.15) is 0 Å². The van der Waals surface area contributed by atoms with Gasteiger partial charge < -0.3 is 11.1 Å². The van der Waals surface area contributed by atoms with E-state index in [-0.39, 0.29) is 0 Å². The molecule has 4 heteroatoms. The highest BCUT2D eigenvalue weighted by Crippen LogP contribution is 2.35. The number of nitrogens with one attached hydrogen (secondary N) is 1. The quantitative estimate of drug-likeness (QED) is 0.761. The highest BCUT2D eigenvalue weighted by Gasteiger charge is 2.25. The van der Waals surface area contributed by atoms with Crippen molar-refractivity contribution in [3.05, 3.63) is 24.0 Å². The molecule has 0 amide bonds. The van der Waals surface area contributed by atoms with E-state index in [1.165, 1.54) is 19.3 Å². The molecule has 1 aliphatic rings. The summed E-state index contributed by atoms with van der Waals surface area (Å²) >= 11 is 5.05. The second-order valence-electron chi connectivity index (χ2n) is 4.71. The van der Waals surface area contributed by atoms with Crippen molar-refractivity contribution in [3.8, 4) is 0 Å². The van der Waals surface area contributed by atoms with Crippen LogP contribution in [0.15, 0.2) is 18.5 Å². The predicted molar refractivity (Wildman–Crippen MR) is 75.2 cm³/mol. The molecule has 3 N–H and O–H groups in total. The summed E-state index contributed by atoms with van der Waals surface area (Å²) in [6.07, 6.45) is 8.65. The van der Waals surface area contributed by atoms with Crippen molar-refractivity contribution in [1.29, 1.82) is 0 Å². The maximum Gasteiger partial charge on any atom is 0.106 e. The normalized spacial score (nSPS) is 16.5. The number of nitrogens with two attached hydrogens (primary N) is 1. The Kier molecular flexibility index (Phi) is 3.94. The first-order valence-corrected chi connectivity index (χ1v) is 6.62.